The van der Waals surface area contributed by atoms with Crippen molar-refractivity contribution >= 4 is 11.8 Å². The molecular formula is C15H15NO. The number of rotatable bonds is 5. The zero-order chi connectivity index (χ0) is 11.9. The molecule has 1 heterocycles. The van der Waals surface area contributed by atoms with Gasteiger partial charge in [-0.3, -0.25) is 0 Å². The van der Waals surface area contributed by atoms with E-state index in [1.807, 2.05) is 54.6 Å². The van der Waals surface area contributed by atoms with Gasteiger partial charge in [0.05, 0.1) is 6.26 Å². The minimum atomic E-state index is 0.723. The minimum Gasteiger partial charge on any atom is -0.465 e. The minimum absolute atomic E-state index is 0.723. The molecule has 0 aliphatic carbocycles. The summed E-state index contributed by atoms with van der Waals surface area (Å²) in [5.41, 5.74) is 2.10. The first-order chi connectivity index (χ1) is 8.34. The van der Waals surface area contributed by atoms with E-state index in [1.165, 1.54) is 0 Å². The molecule has 0 amide bonds. The van der Waals surface area contributed by atoms with Gasteiger partial charge in [0, 0.05) is 12.2 Å². The van der Waals surface area contributed by atoms with Crippen molar-refractivity contribution in [2.45, 2.75) is 0 Å². The molecule has 2 nitrogen and oxygen atoms in total. The van der Waals surface area contributed by atoms with Gasteiger partial charge in [-0.15, -0.1) is 0 Å². The van der Waals surface area contributed by atoms with Crippen LogP contribution in [0, 0.1) is 0 Å². The Balaban J connectivity index is 1.82. The Morgan fingerprint density at radius 3 is 2.71 bits per heavy atom. The number of benzene rings is 1. The van der Waals surface area contributed by atoms with Crippen LogP contribution in [0.15, 0.2) is 71.4 Å². The third-order valence-corrected chi connectivity index (χ3v) is 2.32. The van der Waals surface area contributed by atoms with Crippen molar-refractivity contribution in [1.29, 1.82) is 0 Å². The van der Waals surface area contributed by atoms with Crippen LogP contribution in [0.25, 0.3) is 6.08 Å². The first kappa shape index (κ1) is 11.3. The maximum atomic E-state index is 5.20. The van der Waals surface area contributed by atoms with Crippen LogP contribution in [0.3, 0.4) is 0 Å². The summed E-state index contributed by atoms with van der Waals surface area (Å²) < 4.78 is 5.20. The molecule has 0 spiro atoms. The summed E-state index contributed by atoms with van der Waals surface area (Å²) in [4.78, 5) is 0. The quantitative estimate of drug-likeness (QED) is 0.779. The summed E-state index contributed by atoms with van der Waals surface area (Å²) in [6.45, 7) is 4.70. The third-order valence-electron chi connectivity index (χ3n) is 2.32. The second kappa shape index (κ2) is 5.75. The summed E-state index contributed by atoms with van der Waals surface area (Å²) >= 11 is 0. The molecule has 0 aliphatic heterocycles. The van der Waals surface area contributed by atoms with E-state index in [0.29, 0.717) is 0 Å². The Bertz CT molecular complexity index is 483. The summed E-state index contributed by atoms with van der Waals surface area (Å²) in [6.07, 6.45) is 5.52. The fraction of sp³-hybridized carbons (Fsp3) is 0.0667. The van der Waals surface area contributed by atoms with Crippen LogP contribution in [0.4, 0.5) is 5.69 Å². The van der Waals surface area contributed by atoms with Gasteiger partial charge in [0.25, 0.3) is 0 Å². The molecule has 1 N–H and O–H groups in total. The van der Waals surface area contributed by atoms with Gasteiger partial charge in [-0.25, -0.2) is 0 Å². The number of para-hydroxylation sites is 1. The summed E-state index contributed by atoms with van der Waals surface area (Å²) in [5, 5.41) is 3.29. The molecule has 2 rings (SSSR count). The highest BCUT2D eigenvalue weighted by atomic mass is 16.3. The van der Waals surface area contributed by atoms with Crippen molar-refractivity contribution in [3.63, 3.8) is 0 Å². The monoisotopic (exact) mass is 225 g/mol. The molecule has 0 atom stereocenters. The topological polar surface area (TPSA) is 25.2 Å². The van der Waals surface area contributed by atoms with Crippen molar-refractivity contribution in [2.75, 3.05) is 11.9 Å². The van der Waals surface area contributed by atoms with E-state index < -0.39 is 0 Å². The molecule has 1 aromatic carbocycles. The van der Waals surface area contributed by atoms with Gasteiger partial charge in [0.15, 0.2) is 0 Å². The predicted octanol–water partition coefficient (Wildman–Crippen LogP) is 3.96. The molecule has 0 saturated heterocycles. The standard InChI is InChI=1S/C15H15NO/c1-13(9-10-15-8-5-11-17-15)12-16-14-6-3-2-4-7-14/h2-11,16H,1,12H2. The van der Waals surface area contributed by atoms with Crippen molar-refractivity contribution in [3.05, 3.63) is 72.7 Å². The van der Waals surface area contributed by atoms with Crippen LogP contribution in [-0.2, 0) is 0 Å². The Kier molecular flexibility index (Phi) is 3.81. The van der Waals surface area contributed by atoms with E-state index in [-0.39, 0.29) is 0 Å². The highest BCUT2D eigenvalue weighted by Gasteiger charge is 1.92. The number of anilines is 1. The van der Waals surface area contributed by atoms with Crippen LogP contribution >= 0.6 is 0 Å². The van der Waals surface area contributed by atoms with E-state index in [2.05, 4.69) is 11.9 Å². The number of hydrogen-bond donors (Lipinski definition) is 1. The first-order valence-electron chi connectivity index (χ1n) is 5.53. The lowest BCUT2D eigenvalue weighted by Gasteiger charge is -2.05. The van der Waals surface area contributed by atoms with Gasteiger partial charge in [-0.05, 0) is 35.9 Å². The molecule has 0 fully saturated rings. The van der Waals surface area contributed by atoms with Crippen LogP contribution in [0.1, 0.15) is 5.76 Å². The molecule has 0 unspecified atom stereocenters. The second-order valence-corrected chi connectivity index (χ2v) is 3.73. The van der Waals surface area contributed by atoms with Crippen LogP contribution in [-0.4, -0.2) is 6.54 Å². The second-order valence-electron chi connectivity index (χ2n) is 3.73. The molecule has 0 bridgehead atoms. The largest absolute Gasteiger partial charge is 0.465 e. The molecule has 1 aromatic heterocycles. The molecule has 17 heavy (non-hydrogen) atoms. The van der Waals surface area contributed by atoms with Gasteiger partial charge in [-0.1, -0.05) is 30.9 Å². The van der Waals surface area contributed by atoms with Gasteiger partial charge in [-0.2, -0.15) is 0 Å². The average Bonchev–Trinajstić information content (AvgIpc) is 2.88. The number of hydrogen-bond acceptors (Lipinski definition) is 2. The summed E-state index contributed by atoms with van der Waals surface area (Å²) in [7, 11) is 0. The number of nitrogens with one attached hydrogen (secondary N) is 1. The molecule has 0 aliphatic rings. The maximum Gasteiger partial charge on any atom is 0.126 e. The predicted molar refractivity (Wildman–Crippen MR) is 71.8 cm³/mol. The Hall–Kier alpha value is -2.22. The smallest absolute Gasteiger partial charge is 0.126 e. The maximum absolute atomic E-state index is 5.20. The van der Waals surface area contributed by atoms with E-state index in [9.17, 15) is 0 Å². The zero-order valence-corrected chi connectivity index (χ0v) is 9.60. The van der Waals surface area contributed by atoms with E-state index >= 15 is 0 Å². The summed E-state index contributed by atoms with van der Waals surface area (Å²) in [5.74, 6) is 0.839. The normalized spacial score (nSPS) is 10.6. The van der Waals surface area contributed by atoms with Gasteiger partial charge in [0.2, 0.25) is 0 Å². The fourth-order valence-electron chi connectivity index (χ4n) is 1.42. The third kappa shape index (κ3) is 3.68. The Morgan fingerprint density at radius 1 is 1.18 bits per heavy atom. The average molecular weight is 225 g/mol. The number of furan rings is 1. The van der Waals surface area contributed by atoms with Crippen LogP contribution in [0.2, 0.25) is 0 Å². The lowest BCUT2D eigenvalue weighted by atomic mass is 10.2. The van der Waals surface area contributed by atoms with Crippen LogP contribution in [0.5, 0.6) is 0 Å². The molecule has 0 radical (unpaired) electrons. The van der Waals surface area contributed by atoms with Crippen molar-refractivity contribution in [2.24, 2.45) is 0 Å². The van der Waals surface area contributed by atoms with E-state index in [0.717, 1.165) is 23.6 Å². The lowest BCUT2D eigenvalue weighted by Crippen LogP contribution is -2.01. The SMILES string of the molecule is C=C(C=Cc1ccco1)CNc1ccccc1. The Morgan fingerprint density at radius 2 is 2.00 bits per heavy atom. The van der Waals surface area contributed by atoms with E-state index in [4.69, 9.17) is 4.42 Å². The first-order valence-corrected chi connectivity index (χ1v) is 5.53. The van der Waals surface area contributed by atoms with Crippen molar-refractivity contribution in [3.8, 4) is 0 Å². The molecular weight excluding hydrogens is 210 g/mol. The summed E-state index contributed by atoms with van der Waals surface area (Å²) in [6, 6.07) is 13.8. The van der Waals surface area contributed by atoms with Crippen molar-refractivity contribution in [1.82, 2.24) is 0 Å². The highest BCUT2D eigenvalue weighted by molar-refractivity contribution is 5.49. The van der Waals surface area contributed by atoms with Crippen molar-refractivity contribution < 1.29 is 4.42 Å². The van der Waals surface area contributed by atoms with Crippen LogP contribution < -0.4 is 5.32 Å². The lowest BCUT2D eigenvalue weighted by molar-refractivity contribution is 0.557. The molecule has 2 aromatic rings. The Labute approximate surface area is 101 Å². The fourth-order valence-corrected chi connectivity index (χ4v) is 1.42. The molecule has 2 heteroatoms. The van der Waals surface area contributed by atoms with Gasteiger partial charge < -0.3 is 9.73 Å². The highest BCUT2D eigenvalue weighted by Crippen LogP contribution is 2.08. The van der Waals surface area contributed by atoms with Gasteiger partial charge >= 0.3 is 0 Å². The zero-order valence-electron chi connectivity index (χ0n) is 9.60. The molecule has 86 valence electrons. The molecule has 0 saturated carbocycles. The van der Waals surface area contributed by atoms with Gasteiger partial charge in [0.1, 0.15) is 5.76 Å². The van der Waals surface area contributed by atoms with E-state index in [1.54, 1.807) is 6.26 Å².